The van der Waals surface area contributed by atoms with Gasteiger partial charge < -0.3 is 10.4 Å². The number of aliphatic carboxylic acids is 1. The van der Waals surface area contributed by atoms with Crippen LogP contribution in [0.2, 0.25) is 0 Å². The SMILES string of the molecule is CC(CC(=O)O)S(=O)(=O)CC(=O)Nc1ccc(Br)cc1. The molecule has 1 amide bonds. The van der Waals surface area contributed by atoms with Gasteiger partial charge in [0.25, 0.3) is 0 Å². The van der Waals surface area contributed by atoms with Crippen LogP contribution in [-0.4, -0.2) is 36.4 Å². The van der Waals surface area contributed by atoms with Gasteiger partial charge in [-0.25, -0.2) is 8.42 Å². The molecule has 0 radical (unpaired) electrons. The predicted octanol–water partition coefficient (Wildman–Crippen LogP) is 1.67. The van der Waals surface area contributed by atoms with E-state index in [2.05, 4.69) is 21.2 Å². The summed E-state index contributed by atoms with van der Waals surface area (Å²) in [5.41, 5.74) is 0.472. The van der Waals surface area contributed by atoms with E-state index in [9.17, 15) is 18.0 Å². The second kappa shape index (κ2) is 6.85. The van der Waals surface area contributed by atoms with Gasteiger partial charge in [0.2, 0.25) is 5.91 Å². The van der Waals surface area contributed by atoms with Crippen LogP contribution in [0.4, 0.5) is 5.69 Å². The predicted molar refractivity (Wildman–Crippen MR) is 78.3 cm³/mol. The fourth-order valence-electron chi connectivity index (χ4n) is 1.43. The summed E-state index contributed by atoms with van der Waals surface area (Å²) >= 11 is 3.24. The maximum absolute atomic E-state index is 11.8. The van der Waals surface area contributed by atoms with Crippen molar-refractivity contribution < 1.29 is 23.1 Å². The van der Waals surface area contributed by atoms with Crippen molar-refractivity contribution in [2.24, 2.45) is 0 Å². The molecule has 0 aliphatic heterocycles. The standard InChI is InChI=1S/C12H14BrNO5S/c1-8(6-12(16)17)20(18,19)7-11(15)14-10-4-2-9(13)3-5-10/h2-5,8H,6-7H2,1H3,(H,14,15)(H,16,17). The van der Waals surface area contributed by atoms with E-state index in [1.165, 1.54) is 6.92 Å². The Bertz CT molecular complexity index is 597. The summed E-state index contributed by atoms with van der Waals surface area (Å²) in [6.45, 7) is 1.27. The minimum absolute atomic E-state index is 0.472. The highest BCUT2D eigenvalue weighted by Gasteiger charge is 2.26. The van der Waals surface area contributed by atoms with Crippen molar-refractivity contribution in [3.63, 3.8) is 0 Å². The number of carbonyl (C=O) groups is 2. The van der Waals surface area contributed by atoms with Gasteiger partial charge in [0, 0.05) is 10.2 Å². The van der Waals surface area contributed by atoms with Crippen LogP contribution >= 0.6 is 15.9 Å². The molecule has 1 unspecified atom stereocenters. The van der Waals surface area contributed by atoms with E-state index in [4.69, 9.17) is 5.11 Å². The first-order valence-corrected chi connectivity index (χ1v) is 8.20. The van der Waals surface area contributed by atoms with Crippen LogP contribution < -0.4 is 5.32 Å². The van der Waals surface area contributed by atoms with Gasteiger partial charge in [-0.3, -0.25) is 9.59 Å². The lowest BCUT2D eigenvalue weighted by molar-refractivity contribution is -0.137. The Hall–Kier alpha value is -1.41. The summed E-state index contributed by atoms with van der Waals surface area (Å²) in [4.78, 5) is 22.1. The molecule has 1 aromatic carbocycles. The fraction of sp³-hybridized carbons (Fsp3) is 0.333. The number of sulfone groups is 1. The average molecular weight is 364 g/mol. The molecular weight excluding hydrogens is 350 g/mol. The number of anilines is 1. The monoisotopic (exact) mass is 363 g/mol. The van der Waals surface area contributed by atoms with Gasteiger partial charge in [-0.1, -0.05) is 15.9 Å². The molecule has 8 heteroatoms. The number of rotatable bonds is 6. The molecule has 0 bridgehead atoms. The van der Waals surface area contributed by atoms with Gasteiger partial charge >= 0.3 is 5.97 Å². The largest absolute Gasteiger partial charge is 0.481 e. The van der Waals surface area contributed by atoms with Gasteiger partial charge in [0.15, 0.2) is 9.84 Å². The third-order valence-electron chi connectivity index (χ3n) is 2.54. The number of amides is 1. The number of nitrogens with one attached hydrogen (secondary N) is 1. The Kier molecular flexibility index (Phi) is 5.70. The molecule has 0 fully saturated rings. The van der Waals surface area contributed by atoms with E-state index in [0.29, 0.717) is 5.69 Å². The first-order valence-electron chi connectivity index (χ1n) is 5.69. The molecule has 0 saturated carbocycles. The van der Waals surface area contributed by atoms with Crippen LogP contribution in [-0.2, 0) is 19.4 Å². The van der Waals surface area contributed by atoms with Crippen LogP contribution in [0.1, 0.15) is 13.3 Å². The van der Waals surface area contributed by atoms with E-state index < -0.39 is 39.1 Å². The van der Waals surface area contributed by atoms with Crippen molar-refractivity contribution in [2.45, 2.75) is 18.6 Å². The van der Waals surface area contributed by atoms with Crippen molar-refractivity contribution in [1.82, 2.24) is 0 Å². The normalized spacial score (nSPS) is 12.7. The van der Waals surface area contributed by atoms with Crippen LogP contribution in [0.3, 0.4) is 0 Å². The van der Waals surface area contributed by atoms with Gasteiger partial charge in [-0.15, -0.1) is 0 Å². The Balaban J connectivity index is 2.65. The molecule has 0 aliphatic rings. The van der Waals surface area contributed by atoms with Gasteiger partial charge in [-0.2, -0.15) is 0 Å². The lowest BCUT2D eigenvalue weighted by atomic mass is 10.3. The van der Waals surface area contributed by atoms with Gasteiger partial charge in [0.1, 0.15) is 5.75 Å². The van der Waals surface area contributed by atoms with E-state index in [-0.39, 0.29) is 0 Å². The van der Waals surface area contributed by atoms with Crippen molar-refractivity contribution in [1.29, 1.82) is 0 Å². The Morgan fingerprint density at radius 3 is 2.35 bits per heavy atom. The number of carboxylic acids is 1. The zero-order valence-electron chi connectivity index (χ0n) is 10.7. The number of carboxylic acid groups (broad SMARTS) is 1. The molecule has 20 heavy (non-hydrogen) atoms. The highest BCUT2D eigenvalue weighted by Crippen LogP contribution is 2.14. The summed E-state index contributed by atoms with van der Waals surface area (Å²) in [5.74, 6) is -2.64. The summed E-state index contributed by atoms with van der Waals surface area (Å²) in [6.07, 6.45) is -0.520. The maximum Gasteiger partial charge on any atom is 0.304 e. The summed E-state index contributed by atoms with van der Waals surface area (Å²) < 4.78 is 24.4. The molecule has 0 spiro atoms. The third-order valence-corrected chi connectivity index (χ3v) is 5.12. The lowest BCUT2D eigenvalue weighted by Gasteiger charge is -2.11. The van der Waals surface area contributed by atoms with E-state index >= 15 is 0 Å². The molecule has 1 rings (SSSR count). The van der Waals surface area contributed by atoms with E-state index in [1.807, 2.05) is 0 Å². The second-order valence-corrected chi connectivity index (χ2v) is 7.61. The number of hydrogen-bond acceptors (Lipinski definition) is 4. The summed E-state index contributed by atoms with van der Waals surface area (Å²) in [5, 5.41) is 9.92. The van der Waals surface area contributed by atoms with Crippen molar-refractivity contribution in [3.8, 4) is 0 Å². The van der Waals surface area contributed by atoms with E-state index in [1.54, 1.807) is 24.3 Å². The maximum atomic E-state index is 11.8. The highest BCUT2D eigenvalue weighted by molar-refractivity contribution is 9.10. The smallest absolute Gasteiger partial charge is 0.304 e. The molecular formula is C12H14BrNO5S. The zero-order chi connectivity index (χ0) is 15.3. The molecule has 0 saturated heterocycles. The van der Waals surface area contributed by atoms with Crippen molar-refractivity contribution in [2.75, 3.05) is 11.1 Å². The summed E-state index contributed by atoms with van der Waals surface area (Å²) in [7, 11) is -3.78. The topological polar surface area (TPSA) is 101 Å². The lowest BCUT2D eigenvalue weighted by Crippen LogP contribution is -2.30. The Labute approximate surface area is 125 Å². The molecule has 0 heterocycles. The number of carbonyl (C=O) groups excluding carboxylic acids is 1. The quantitative estimate of drug-likeness (QED) is 0.800. The van der Waals surface area contributed by atoms with Crippen LogP contribution in [0, 0.1) is 0 Å². The molecule has 0 aromatic heterocycles. The third kappa shape index (κ3) is 5.30. The van der Waals surface area contributed by atoms with E-state index in [0.717, 1.165) is 4.47 Å². The molecule has 0 aliphatic carbocycles. The second-order valence-electron chi connectivity index (χ2n) is 4.27. The first-order chi connectivity index (χ1) is 9.20. The molecule has 1 atom stereocenters. The zero-order valence-corrected chi connectivity index (χ0v) is 13.1. The molecule has 2 N–H and O–H groups in total. The fourth-order valence-corrected chi connectivity index (χ4v) is 2.81. The van der Waals surface area contributed by atoms with Crippen molar-refractivity contribution >= 4 is 43.3 Å². The minimum Gasteiger partial charge on any atom is -0.481 e. The number of benzene rings is 1. The molecule has 6 nitrogen and oxygen atoms in total. The van der Waals surface area contributed by atoms with Crippen molar-refractivity contribution in [3.05, 3.63) is 28.7 Å². The van der Waals surface area contributed by atoms with Crippen LogP contribution in [0.15, 0.2) is 28.7 Å². The summed E-state index contributed by atoms with van der Waals surface area (Å²) in [6, 6.07) is 6.65. The van der Waals surface area contributed by atoms with Crippen LogP contribution in [0.25, 0.3) is 0 Å². The first kappa shape index (κ1) is 16.6. The Morgan fingerprint density at radius 2 is 1.85 bits per heavy atom. The highest BCUT2D eigenvalue weighted by atomic mass is 79.9. The molecule has 110 valence electrons. The number of halogens is 1. The average Bonchev–Trinajstić information content (AvgIpc) is 2.30. The Morgan fingerprint density at radius 1 is 1.30 bits per heavy atom. The van der Waals surface area contributed by atoms with Crippen LogP contribution in [0.5, 0.6) is 0 Å². The number of hydrogen-bond donors (Lipinski definition) is 2. The molecule has 1 aromatic rings. The minimum atomic E-state index is -3.78. The van der Waals surface area contributed by atoms with Gasteiger partial charge in [-0.05, 0) is 31.2 Å². The van der Waals surface area contributed by atoms with Gasteiger partial charge in [0.05, 0.1) is 11.7 Å².